The maximum atomic E-state index is 11.6. The first-order valence-electron chi connectivity index (χ1n) is 8.10. The predicted octanol–water partition coefficient (Wildman–Crippen LogP) is 4.14. The number of aliphatic carboxylic acids is 1. The average molecular weight is 319 g/mol. The topological polar surface area (TPSA) is 63.3 Å². The zero-order chi connectivity index (χ0) is 17.1. The van der Waals surface area contributed by atoms with Crippen molar-refractivity contribution in [2.24, 2.45) is 5.73 Å². The molecule has 0 fully saturated rings. The zero-order valence-corrected chi connectivity index (χ0v) is 13.6. The van der Waals surface area contributed by atoms with Crippen LogP contribution in [0.25, 0.3) is 10.8 Å². The second kappa shape index (κ2) is 6.85. The summed E-state index contributed by atoms with van der Waals surface area (Å²) in [6.45, 7) is 2.06. The summed E-state index contributed by atoms with van der Waals surface area (Å²) < 4.78 is 0. The van der Waals surface area contributed by atoms with Crippen LogP contribution in [0.5, 0.6) is 0 Å². The van der Waals surface area contributed by atoms with Gasteiger partial charge in [-0.25, -0.2) is 0 Å². The number of benzene rings is 3. The second-order valence-electron chi connectivity index (χ2n) is 6.16. The van der Waals surface area contributed by atoms with Crippen molar-refractivity contribution < 1.29 is 9.90 Å². The Labute approximate surface area is 141 Å². The summed E-state index contributed by atoms with van der Waals surface area (Å²) in [5.74, 6) is -1.30. The van der Waals surface area contributed by atoms with Crippen LogP contribution >= 0.6 is 0 Å². The Morgan fingerprint density at radius 2 is 1.54 bits per heavy atom. The fraction of sp³-hybridized carbons (Fsp3) is 0.190. The van der Waals surface area contributed by atoms with Gasteiger partial charge in [-0.05, 0) is 27.8 Å². The van der Waals surface area contributed by atoms with E-state index in [2.05, 4.69) is 31.2 Å². The number of carboxylic acids is 1. The average Bonchev–Trinajstić information content (AvgIpc) is 2.62. The lowest BCUT2D eigenvalue weighted by molar-refractivity contribution is -0.139. The highest BCUT2D eigenvalue weighted by Crippen LogP contribution is 2.37. The largest absolute Gasteiger partial charge is 0.480 e. The van der Waals surface area contributed by atoms with Crippen molar-refractivity contribution in [3.05, 3.63) is 83.9 Å². The van der Waals surface area contributed by atoms with Crippen LogP contribution in [0.15, 0.2) is 72.8 Å². The van der Waals surface area contributed by atoms with Gasteiger partial charge in [-0.2, -0.15) is 0 Å². The molecule has 2 unspecified atom stereocenters. The lowest BCUT2D eigenvalue weighted by atomic mass is 9.77. The minimum Gasteiger partial charge on any atom is -0.480 e. The van der Waals surface area contributed by atoms with Crippen LogP contribution in [0.3, 0.4) is 0 Å². The van der Waals surface area contributed by atoms with Gasteiger partial charge in [0.1, 0.15) is 6.04 Å². The lowest BCUT2D eigenvalue weighted by Gasteiger charge is -2.29. The molecule has 0 aromatic heterocycles. The molecule has 0 saturated heterocycles. The van der Waals surface area contributed by atoms with Crippen molar-refractivity contribution >= 4 is 16.7 Å². The smallest absolute Gasteiger partial charge is 0.321 e. The Morgan fingerprint density at radius 3 is 2.25 bits per heavy atom. The third-order valence-corrected chi connectivity index (χ3v) is 4.71. The van der Waals surface area contributed by atoms with Gasteiger partial charge in [0.25, 0.3) is 0 Å². The van der Waals surface area contributed by atoms with Crippen molar-refractivity contribution in [2.75, 3.05) is 0 Å². The fourth-order valence-electron chi connectivity index (χ4n) is 3.48. The van der Waals surface area contributed by atoms with Gasteiger partial charge in [0.2, 0.25) is 0 Å². The van der Waals surface area contributed by atoms with Gasteiger partial charge >= 0.3 is 5.97 Å². The summed E-state index contributed by atoms with van der Waals surface area (Å²) in [7, 11) is 0. The SMILES string of the molecule is CC(c1cccc2ccccc12)C(c1ccccc1)[C@@H](N)C(=O)O. The summed E-state index contributed by atoms with van der Waals surface area (Å²) in [6, 6.07) is 23.0. The highest BCUT2D eigenvalue weighted by atomic mass is 16.4. The summed E-state index contributed by atoms with van der Waals surface area (Å²) in [5.41, 5.74) is 8.15. The van der Waals surface area contributed by atoms with E-state index in [1.165, 1.54) is 0 Å². The molecule has 3 N–H and O–H groups in total. The van der Waals surface area contributed by atoms with Gasteiger partial charge in [0.15, 0.2) is 0 Å². The molecule has 3 rings (SSSR count). The van der Waals surface area contributed by atoms with E-state index in [9.17, 15) is 9.90 Å². The first kappa shape index (κ1) is 16.2. The van der Waals surface area contributed by atoms with Gasteiger partial charge in [-0.1, -0.05) is 79.7 Å². The number of hydrogen-bond acceptors (Lipinski definition) is 2. The molecule has 3 aromatic carbocycles. The summed E-state index contributed by atoms with van der Waals surface area (Å²) >= 11 is 0. The van der Waals surface area contributed by atoms with Crippen LogP contribution in [0, 0.1) is 0 Å². The van der Waals surface area contributed by atoms with Crippen LogP contribution in [0.4, 0.5) is 0 Å². The van der Waals surface area contributed by atoms with E-state index in [4.69, 9.17) is 5.73 Å². The molecule has 0 heterocycles. The molecule has 3 atom stereocenters. The van der Waals surface area contributed by atoms with Gasteiger partial charge in [0, 0.05) is 5.92 Å². The van der Waals surface area contributed by atoms with E-state index in [1.54, 1.807) is 0 Å². The maximum Gasteiger partial charge on any atom is 0.321 e. The van der Waals surface area contributed by atoms with Crippen molar-refractivity contribution in [1.82, 2.24) is 0 Å². The molecule has 122 valence electrons. The molecule has 0 amide bonds. The number of rotatable bonds is 5. The molecule has 0 aliphatic carbocycles. The number of fused-ring (bicyclic) bond motifs is 1. The first-order chi connectivity index (χ1) is 11.6. The summed E-state index contributed by atoms with van der Waals surface area (Å²) in [4.78, 5) is 11.6. The fourth-order valence-corrected chi connectivity index (χ4v) is 3.48. The molecule has 0 radical (unpaired) electrons. The molecular weight excluding hydrogens is 298 g/mol. The van der Waals surface area contributed by atoms with Crippen LogP contribution < -0.4 is 5.73 Å². The Balaban J connectivity index is 2.11. The number of carbonyl (C=O) groups is 1. The van der Waals surface area contributed by atoms with Crippen LogP contribution in [0.2, 0.25) is 0 Å². The Bertz CT molecular complexity index is 839. The van der Waals surface area contributed by atoms with Crippen molar-refractivity contribution in [2.45, 2.75) is 24.8 Å². The molecule has 3 heteroatoms. The minimum absolute atomic E-state index is 0.0235. The molecule has 24 heavy (non-hydrogen) atoms. The summed E-state index contributed by atoms with van der Waals surface area (Å²) in [6.07, 6.45) is 0. The van der Waals surface area contributed by atoms with E-state index < -0.39 is 12.0 Å². The van der Waals surface area contributed by atoms with E-state index in [-0.39, 0.29) is 11.8 Å². The normalized spacial score (nSPS) is 14.9. The highest BCUT2D eigenvalue weighted by molar-refractivity contribution is 5.86. The molecule has 0 bridgehead atoms. The number of hydrogen-bond donors (Lipinski definition) is 2. The van der Waals surface area contributed by atoms with Gasteiger partial charge in [-0.3, -0.25) is 4.79 Å². The third-order valence-electron chi connectivity index (χ3n) is 4.71. The van der Waals surface area contributed by atoms with Crippen molar-refractivity contribution in [1.29, 1.82) is 0 Å². The first-order valence-corrected chi connectivity index (χ1v) is 8.10. The second-order valence-corrected chi connectivity index (χ2v) is 6.16. The molecule has 0 aliphatic rings. The molecule has 0 saturated carbocycles. The van der Waals surface area contributed by atoms with Gasteiger partial charge in [-0.15, -0.1) is 0 Å². The van der Waals surface area contributed by atoms with Gasteiger partial charge < -0.3 is 10.8 Å². The quantitative estimate of drug-likeness (QED) is 0.743. The molecular formula is C21H21NO2. The standard InChI is InChI=1S/C21H21NO2/c1-14(17-13-7-11-15-8-5-6-12-18(15)17)19(20(22)21(23)24)16-9-3-2-4-10-16/h2-14,19-20H,22H2,1H3,(H,23,24)/t14?,19?,20-/m1/s1. The van der Waals surface area contributed by atoms with E-state index in [0.29, 0.717) is 0 Å². The molecule has 3 nitrogen and oxygen atoms in total. The van der Waals surface area contributed by atoms with Gasteiger partial charge in [0.05, 0.1) is 0 Å². The van der Waals surface area contributed by atoms with Crippen molar-refractivity contribution in [3.8, 4) is 0 Å². The Morgan fingerprint density at radius 1 is 0.917 bits per heavy atom. The van der Waals surface area contributed by atoms with E-state index in [1.807, 2.05) is 48.5 Å². The predicted molar refractivity (Wildman–Crippen MR) is 97.2 cm³/mol. The van der Waals surface area contributed by atoms with E-state index in [0.717, 1.165) is 21.9 Å². The lowest BCUT2D eigenvalue weighted by Crippen LogP contribution is -2.39. The van der Waals surface area contributed by atoms with Crippen molar-refractivity contribution in [3.63, 3.8) is 0 Å². The summed E-state index contributed by atoms with van der Waals surface area (Å²) in [5, 5.41) is 11.8. The minimum atomic E-state index is -0.976. The molecule has 3 aromatic rings. The molecule has 0 spiro atoms. The van der Waals surface area contributed by atoms with Crippen LogP contribution in [0.1, 0.15) is 29.9 Å². The Kier molecular flexibility index (Phi) is 4.63. The Hall–Kier alpha value is -2.65. The monoisotopic (exact) mass is 319 g/mol. The third kappa shape index (κ3) is 3.03. The molecule has 0 aliphatic heterocycles. The van der Waals surface area contributed by atoms with E-state index >= 15 is 0 Å². The number of nitrogens with two attached hydrogens (primary N) is 1. The zero-order valence-electron chi connectivity index (χ0n) is 13.6. The maximum absolute atomic E-state index is 11.6. The van der Waals surface area contributed by atoms with Crippen LogP contribution in [-0.4, -0.2) is 17.1 Å². The number of carboxylic acid groups (broad SMARTS) is 1. The van der Waals surface area contributed by atoms with Crippen LogP contribution in [-0.2, 0) is 4.79 Å². The highest BCUT2D eigenvalue weighted by Gasteiger charge is 2.32.